The van der Waals surface area contributed by atoms with Gasteiger partial charge in [-0.25, -0.2) is 4.79 Å². The molecule has 0 radical (unpaired) electrons. The van der Waals surface area contributed by atoms with Gasteiger partial charge in [-0.15, -0.1) is 0 Å². The Balaban J connectivity index is 1.53. The summed E-state index contributed by atoms with van der Waals surface area (Å²) in [7, 11) is 0. The molecule has 1 aliphatic heterocycles. The first-order valence-corrected chi connectivity index (χ1v) is 8.83. The lowest BCUT2D eigenvalue weighted by Gasteiger charge is -2.13. The van der Waals surface area contributed by atoms with Crippen LogP contribution in [0.2, 0.25) is 0 Å². The fraction of sp³-hybridized carbons (Fsp3) is 0.238. The second-order valence-corrected chi connectivity index (χ2v) is 6.69. The van der Waals surface area contributed by atoms with Crippen LogP contribution in [-0.4, -0.2) is 36.2 Å². The highest BCUT2D eigenvalue weighted by Gasteiger charge is 2.22. The van der Waals surface area contributed by atoms with Crippen LogP contribution >= 0.6 is 0 Å². The van der Waals surface area contributed by atoms with Crippen molar-refractivity contribution in [2.75, 3.05) is 11.9 Å². The molecule has 0 spiro atoms. The lowest BCUT2D eigenvalue weighted by molar-refractivity contribution is -0.144. The molecule has 2 amide bonds. The SMILES string of the molecule is Cc1cccc(C(=O)N[C@@H](C)C(=O)OCC(=O)c2ccc3c(c2)CC(=O)N3)c1. The van der Waals surface area contributed by atoms with Crippen LogP contribution in [0.1, 0.15) is 38.8 Å². The Labute approximate surface area is 162 Å². The first kappa shape index (κ1) is 19.3. The molecule has 0 aliphatic carbocycles. The first-order valence-electron chi connectivity index (χ1n) is 8.83. The second kappa shape index (κ2) is 8.04. The number of rotatable bonds is 6. The number of esters is 1. The van der Waals surface area contributed by atoms with Gasteiger partial charge in [-0.2, -0.15) is 0 Å². The predicted octanol–water partition coefficient (Wildman–Crippen LogP) is 2.03. The number of fused-ring (bicyclic) bond motifs is 1. The number of nitrogens with one attached hydrogen (secondary N) is 2. The molecule has 1 aliphatic rings. The van der Waals surface area contributed by atoms with Gasteiger partial charge in [0, 0.05) is 16.8 Å². The van der Waals surface area contributed by atoms with Gasteiger partial charge in [0.15, 0.2) is 12.4 Å². The third kappa shape index (κ3) is 4.43. The maximum Gasteiger partial charge on any atom is 0.328 e. The van der Waals surface area contributed by atoms with E-state index in [2.05, 4.69) is 10.6 Å². The number of Topliss-reactive ketones (excluding diaryl/α,β-unsaturated/α-hetero) is 1. The van der Waals surface area contributed by atoms with E-state index in [0.29, 0.717) is 16.8 Å². The summed E-state index contributed by atoms with van der Waals surface area (Å²) in [4.78, 5) is 47.9. The summed E-state index contributed by atoms with van der Waals surface area (Å²) in [6.07, 6.45) is 0.221. The molecule has 2 aromatic rings. The molecule has 0 fully saturated rings. The van der Waals surface area contributed by atoms with Crippen molar-refractivity contribution in [1.29, 1.82) is 0 Å². The van der Waals surface area contributed by atoms with E-state index in [9.17, 15) is 19.2 Å². The number of carbonyl (C=O) groups is 4. The molecule has 0 bridgehead atoms. The van der Waals surface area contributed by atoms with Crippen LogP contribution in [0.4, 0.5) is 5.69 Å². The Kier molecular flexibility index (Phi) is 5.54. The van der Waals surface area contributed by atoms with Crippen LogP contribution in [0.3, 0.4) is 0 Å². The highest BCUT2D eigenvalue weighted by atomic mass is 16.5. The summed E-state index contributed by atoms with van der Waals surface area (Å²) in [5.41, 5.74) is 3.16. The molecule has 1 heterocycles. The molecule has 2 N–H and O–H groups in total. The van der Waals surface area contributed by atoms with Gasteiger partial charge in [0.1, 0.15) is 6.04 Å². The van der Waals surface area contributed by atoms with Gasteiger partial charge in [-0.3, -0.25) is 14.4 Å². The summed E-state index contributed by atoms with van der Waals surface area (Å²) < 4.78 is 5.04. The molecule has 7 nitrogen and oxygen atoms in total. The molecule has 2 aromatic carbocycles. The van der Waals surface area contributed by atoms with E-state index in [0.717, 1.165) is 11.1 Å². The molecule has 3 rings (SSSR count). The summed E-state index contributed by atoms with van der Waals surface area (Å²) in [5, 5.41) is 5.24. The van der Waals surface area contributed by atoms with Crippen LogP contribution in [0, 0.1) is 6.92 Å². The third-order valence-corrected chi connectivity index (χ3v) is 4.38. The quantitative estimate of drug-likeness (QED) is 0.590. The molecule has 0 saturated carbocycles. The molecule has 0 saturated heterocycles. The average Bonchev–Trinajstić information content (AvgIpc) is 3.04. The van der Waals surface area contributed by atoms with Crippen LogP contribution in [0.15, 0.2) is 42.5 Å². The monoisotopic (exact) mass is 380 g/mol. The highest BCUT2D eigenvalue weighted by molar-refractivity contribution is 6.03. The zero-order chi connectivity index (χ0) is 20.3. The van der Waals surface area contributed by atoms with E-state index in [-0.39, 0.29) is 18.1 Å². The zero-order valence-electron chi connectivity index (χ0n) is 15.6. The second-order valence-electron chi connectivity index (χ2n) is 6.69. The van der Waals surface area contributed by atoms with Gasteiger partial charge < -0.3 is 15.4 Å². The van der Waals surface area contributed by atoms with E-state index in [1.807, 2.05) is 13.0 Å². The number of aryl methyl sites for hydroxylation is 1. The van der Waals surface area contributed by atoms with Crippen molar-refractivity contribution >= 4 is 29.3 Å². The van der Waals surface area contributed by atoms with Gasteiger partial charge in [0.2, 0.25) is 5.91 Å². The lowest BCUT2D eigenvalue weighted by atomic mass is 10.1. The lowest BCUT2D eigenvalue weighted by Crippen LogP contribution is -2.40. The third-order valence-electron chi connectivity index (χ3n) is 4.38. The molecule has 0 aromatic heterocycles. The zero-order valence-corrected chi connectivity index (χ0v) is 15.6. The van der Waals surface area contributed by atoms with Crippen LogP contribution < -0.4 is 10.6 Å². The molecule has 7 heteroatoms. The topological polar surface area (TPSA) is 102 Å². The molecule has 28 heavy (non-hydrogen) atoms. The molecule has 0 unspecified atom stereocenters. The predicted molar refractivity (Wildman–Crippen MR) is 102 cm³/mol. The van der Waals surface area contributed by atoms with Gasteiger partial charge in [-0.1, -0.05) is 17.7 Å². The standard InChI is InChI=1S/C21H20N2O5/c1-12-4-3-5-15(8-12)20(26)22-13(2)21(27)28-11-18(24)14-6-7-17-16(9-14)10-19(25)23-17/h3-9,13H,10-11H2,1-2H3,(H,22,26)(H,23,25)/t13-/m0/s1. The normalized spacial score (nSPS) is 13.3. The maximum absolute atomic E-state index is 12.3. The van der Waals surface area contributed by atoms with Gasteiger partial charge >= 0.3 is 5.97 Å². The molecular weight excluding hydrogens is 360 g/mol. The van der Waals surface area contributed by atoms with E-state index in [4.69, 9.17) is 4.74 Å². The van der Waals surface area contributed by atoms with E-state index in [1.165, 1.54) is 6.92 Å². The van der Waals surface area contributed by atoms with Crippen molar-refractivity contribution in [2.45, 2.75) is 26.3 Å². The molecule has 144 valence electrons. The smallest absolute Gasteiger partial charge is 0.328 e. The van der Waals surface area contributed by atoms with E-state index >= 15 is 0 Å². The van der Waals surface area contributed by atoms with E-state index < -0.39 is 24.5 Å². The van der Waals surface area contributed by atoms with E-state index in [1.54, 1.807) is 36.4 Å². The van der Waals surface area contributed by atoms with Crippen molar-refractivity contribution in [3.8, 4) is 0 Å². The number of anilines is 1. The average molecular weight is 380 g/mol. The number of benzene rings is 2. The fourth-order valence-corrected chi connectivity index (χ4v) is 2.87. The number of amides is 2. The number of hydrogen-bond acceptors (Lipinski definition) is 5. The highest BCUT2D eigenvalue weighted by Crippen LogP contribution is 2.24. The Bertz CT molecular complexity index is 967. The number of ether oxygens (including phenoxy) is 1. The maximum atomic E-state index is 12.3. The summed E-state index contributed by atoms with van der Waals surface area (Å²) in [6.45, 7) is 2.92. The summed E-state index contributed by atoms with van der Waals surface area (Å²) >= 11 is 0. The first-order chi connectivity index (χ1) is 13.3. The van der Waals surface area contributed by atoms with Gasteiger partial charge in [0.05, 0.1) is 6.42 Å². The molecular formula is C21H20N2O5. The summed E-state index contributed by atoms with van der Waals surface area (Å²) in [5.74, 6) is -1.60. The Hall–Kier alpha value is -3.48. The van der Waals surface area contributed by atoms with Crippen molar-refractivity contribution in [3.05, 3.63) is 64.7 Å². The minimum absolute atomic E-state index is 0.121. The number of ketones is 1. The Morgan fingerprint density at radius 3 is 2.68 bits per heavy atom. The van der Waals surface area contributed by atoms with Gasteiger partial charge in [0.25, 0.3) is 5.91 Å². The Morgan fingerprint density at radius 2 is 1.93 bits per heavy atom. The fourth-order valence-electron chi connectivity index (χ4n) is 2.87. The Morgan fingerprint density at radius 1 is 1.14 bits per heavy atom. The van der Waals surface area contributed by atoms with Gasteiger partial charge in [-0.05, 0) is 49.7 Å². The van der Waals surface area contributed by atoms with Crippen LogP contribution in [-0.2, 0) is 20.7 Å². The molecule has 1 atom stereocenters. The van der Waals surface area contributed by atoms with Crippen molar-refractivity contribution in [2.24, 2.45) is 0 Å². The van der Waals surface area contributed by atoms with Crippen molar-refractivity contribution in [3.63, 3.8) is 0 Å². The minimum atomic E-state index is -0.900. The van der Waals surface area contributed by atoms with Crippen LogP contribution in [0.25, 0.3) is 0 Å². The minimum Gasteiger partial charge on any atom is -0.456 e. The van der Waals surface area contributed by atoms with Crippen LogP contribution in [0.5, 0.6) is 0 Å². The van der Waals surface area contributed by atoms with Crippen molar-refractivity contribution in [1.82, 2.24) is 5.32 Å². The van der Waals surface area contributed by atoms with Crippen molar-refractivity contribution < 1.29 is 23.9 Å². The summed E-state index contributed by atoms with van der Waals surface area (Å²) in [6, 6.07) is 10.9. The largest absolute Gasteiger partial charge is 0.456 e. The number of hydrogen-bond donors (Lipinski definition) is 2. The number of carbonyl (C=O) groups excluding carboxylic acids is 4.